The Labute approximate surface area is 109 Å². The van der Waals surface area contributed by atoms with Crippen LogP contribution in [0, 0.1) is 0 Å². The Kier molecular flexibility index (Phi) is 3.01. The minimum absolute atomic E-state index is 0.0503. The van der Waals surface area contributed by atoms with E-state index in [4.69, 9.17) is 31.0 Å². The number of benzene rings is 1. The summed E-state index contributed by atoms with van der Waals surface area (Å²) in [6, 6.07) is 3.61. The maximum absolute atomic E-state index is 9.01. The number of nitrogens with zero attached hydrogens (tertiary/aromatic N) is 1. The standard InChI is InChI=1S/C12H12ClNO4/c13-9-3-7(10-5-8(6-15)18-14-10)4-11-12(9)17-2-1-16-11/h3-4,8,15H,1-2,5-6H2. The van der Waals surface area contributed by atoms with Gasteiger partial charge < -0.3 is 19.4 Å². The molecule has 0 saturated carbocycles. The van der Waals surface area contributed by atoms with Crippen molar-refractivity contribution in [1.29, 1.82) is 0 Å². The molecule has 1 aromatic rings. The number of halogens is 1. The molecule has 0 aromatic heterocycles. The van der Waals surface area contributed by atoms with Crippen LogP contribution in [0.15, 0.2) is 17.3 Å². The number of oxime groups is 1. The highest BCUT2D eigenvalue weighted by Gasteiger charge is 2.24. The molecular formula is C12H12ClNO4. The first-order valence-corrected chi connectivity index (χ1v) is 6.09. The van der Waals surface area contributed by atoms with E-state index >= 15 is 0 Å². The van der Waals surface area contributed by atoms with Crippen LogP contribution in [0.25, 0.3) is 0 Å². The lowest BCUT2D eigenvalue weighted by Crippen LogP contribution is -2.17. The van der Waals surface area contributed by atoms with Crippen LogP contribution < -0.4 is 9.47 Å². The third-order valence-electron chi connectivity index (χ3n) is 2.87. The van der Waals surface area contributed by atoms with Gasteiger partial charge in [0.05, 0.1) is 17.3 Å². The van der Waals surface area contributed by atoms with E-state index in [9.17, 15) is 0 Å². The lowest BCUT2D eigenvalue weighted by molar-refractivity contribution is 0.0390. The number of aliphatic hydroxyl groups is 1. The van der Waals surface area contributed by atoms with Gasteiger partial charge in [-0.25, -0.2) is 0 Å². The van der Waals surface area contributed by atoms with E-state index in [2.05, 4.69) is 5.16 Å². The molecule has 1 atom stereocenters. The van der Waals surface area contributed by atoms with E-state index < -0.39 is 0 Å². The number of rotatable bonds is 2. The molecule has 0 amide bonds. The first-order valence-electron chi connectivity index (χ1n) is 5.71. The average Bonchev–Trinajstić information content (AvgIpc) is 2.87. The third-order valence-corrected chi connectivity index (χ3v) is 3.15. The molecule has 1 aromatic carbocycles. The highest BCUT2D eigenvalue weighted by Crippen LogP contribution is 2.39. The molecule has 0 radical (unpaired) electrons. The molecule has 0 saturated heterocycles. The van der Waals surface area contributed by atoms with Crippen molar-refractivity contribution in [1.82, 2.24) is 0 Å². The van der Waals surface area contributed by atoms with E-state index in [1.54, 1.807) is 6.07 Å². The Morgan fingerprint density at radius 2 is 2.17 bits per heavy atom. The summed E-state index contributed by atoms with van der Waals surface area (Å²) in [7, 11) is 0. The SMILES string of the molecule is OCC1CC(c2cc(Cl)c3c(c2)OCCO3)=NO1. The van der Waals surface area contributed by atoms with Crippen molar-refractivity contribution >= 4 is 17.3 Å². The zero-order chi connectivity index (χ0) is 12.5. The Hall–Kier alpha value is -1.46. The number of aliphatic hydroxyl groups excluding tert-OH is 1. The summed E-state index contributed by atoms with van der Waals surface area (Å²) in [6.07, 6.45) is 0.291. The first kappa shape index (κ1) is 11.6. The fourth-order valence-corrected chi connectivity index (χ4v) is 2.24. The van der Waals surface area contributed by atoms with Crippen molar-refractivity contribution in [2.24, 2.45) is 5.16 Å². The maximum Gasteiger partial charge on any atom is 0.179 e. The van der Waals surface area contributed by atoms with Crippen molar-refractivity contribution in [3.8, 4) is 11.5 Å². The number of ether oxygens (including phenoxy) is 2. The largest absolute Gasteiger partial charge is 0.486 e. The van der Waals surface area contributed by atoms with Gasteiger partial charge >= 0.3 is 0 Å². The molecular weight excluding hydrogens is 258 g/mol. The van der Waals surface area contributed by atoms with Crippen LogP contribution in [0.1, 0.15) is 12.0 Å². The minimum Gasteiger partial charge on any atom is -0.486 e. The zero-order valence-electron chi connectivity index (χ0n) is 9.56. The highest BCUT2D eigenvalue weighted by molar-refractivity contribution is 6.32. The molecule has 3 rings (SSSR count). The van der Waals surface area contributed by atoms with Gasteiger partial charge in [-0.1, -0.05) is 16.8 Å². The zero-order valence-corrected chi connectivity index (χ0v) is 10.3. The summed E-state index contributed by atoms with van der Waals surface area (Å²) in [5, 5.41) is 13.5. The Balaban J connectivity index is 1.92. The topological polar surface area (TPSA) is 60.3 Å². The average molecular weight is 270 g/mol. The molecule has 18 heavy (non-hydrogen) atoms. The van der Waals surface area contributed by atoms with Crippen LogP contribution in [-0.4, -0.2) is 36.7 Å². The van der Waals surface area contributed by atoms with Crippen molar-refractivity contribution in [2.45, 2.75) is 12.5 Å². The molecule has 2 heterocycles. The molecule has 96 valence electrons. The monoisotopic (exact) mass is 269 g/mol. The van der Waals surface area contributed by atoms with E-state index in [1.807, 2.05) is 6.07 Å². The van der Waals surface area contributed by atoms with Gasteiger partial charge in [0.1, 0.15) is 13.2 Å². The molecule has 1 unspecified atom stereocenters. The smallest absolute Gasteiger partial charge is 0.179 e. The van der Waals surface area contributed by atoms with Crippen LogP contribution >= 0.6 is 11.6 Å². The summed E-state index contributed by atoms with van der Waals surface area (Å²) in [5.41, 5.74) is 1.59. The van der Waals surface area contributed by atoms with Crippen molar-refractivity contribution < 1.29 is 19.4 Å². The molecule has 2 aliphatic heterocycles. The molecule has 0 aliphatic carbocycles. The van der Waals surface area contributed by atoms with E-state index in [1.165, 1.54) is 0 Å². The molecule has 5 nitrogen and oxygen atoms in total. The summed E-state index contributed by atoms with van der Waals surface area (Å²) < 4.78 is 10.9. The molecule has 0 bridgehead atoms. The summed E-state index contributed by atoms with van der Waals surface area (Å²) in [5.74, 6) is 1.20. The Bertz CT molecular complexity index is 503. The second-order valence-electron chi connectivity index (χ2n) is 4.13. The Morgan fingerprint density at radius 3 is 2.94 bits per heavy atom. The van der Waals surface area contributed by atoms with Gasteiger partial charge in [0, 0.05) is 12.0 Å². The third kappa shape index (κ3) is 2.00. The van der Waals surface area contributed by atoms with Gasteiger partial charge in [-0.2, -0.15) is 0 Å². The van der Waals surface area contributed by atoms with Crippen LogP contribution in [0.5, 0.6) is 11.5 Å². The van der Waals surface area contributed by atoms with Crippen molar-refractivity contribution in [3.63, 3.8) is 0 Å². The van der Waals surface area contributed by atoms with E-state index in [0.29, 0.717) is 36.2 Å². The normalized spacial score (nSPS) is 21.4. The number of hydrogen-bond acceptors (Lipinski definition) is 5. The van der Waals surface area contributed by atoms with E-state index in [-0.39, 0.29) is 12.7 Å². The molecule has 1 N–H and O–H groups in total. The van der Waals surface area contributed by atoms with Gasteiger partial charge in [-0.15, -0.1) is 0 Å². The van der Waals surface area contributed by atoms with E-state index in [0.717, 1.165) is 11.3 Å². The summed E-state index contributed by atoms with van der Waals surface area (Å²) in [4.78, 5) is 5.08. The van der Waals surface area contributed by atoms with Crippen LogP contribution in [0.3, 0.4) is 0 Å². The minimum atomic E-state index is -0.271. The van der Waals surface area contributed by atoms with Gasteiger partial charge in [0.25, 0.3) is 0 Å². The molecule has 2 aliphatic rings. The molecule has 0 fully saturated rings. The molecule has 0 spiro atoms. The van der Waals surface area contributed by atoms with Crippen LogP contribution in [0.2, 0.25) is 5.02 Å². The summed E-state index contributed by atoms with van der Waals surface area (Å²) in [6.45, 7) is 0.961. The summed E-state index contributed by atoms with van der Waals surface area (Å²) >= 11 is 6.15. The van der Waals surface area contributed by atoms with Gasteiger partial charge in [-0.05, 0) is 12.1 Å². The van der Waals surface area contributed by atoms with Crippen molar-refractivity contribution in [3.05, 3.63) is 22.7 Å². The Morgan fingerprint density at radius 1 is 1.33 bits per heavy atom. The van der Waals surface area contributed by atoms with Gasteiger partial charge in [0.2, 0.25) is 0 Å². The van der Waals surface area contributed by atoms with Crippen molar-refractivity contribution in [2.75, 3.05) is 19.8 Å². The maximum atomic E-state index is 9.01. The van der Waals surface area contributed by atoms with Gasteiger partial charge in [0.15, 0.2) is 17.6 Å². The van der Waals surface area contributed by atoms with Crippen LogP contribution in [0.4, 0.5) is 0 Å². The predicted octanol–water partition coefficient (Wildman–Crippen LogP) is 1.60. The predicted molar refractivity (Wildman–Crippen MR) is 65.6 cm³/mol. The highest BCUT2D eigenvalue weighted by atomic mass is 35.5. The lowest BCUT2D eigenvalue weighted by atomic mass is 10.0. The second-order valence-corrected chi connectivity index (χ2v) is 4.54. The van der Waals surface area contributed by atoms with Crippen LogP contribution in [-0.2, 0) is 4.84 Å². The lowest BCUT2D eigenvalue weighted by Gasteiger charge is -2.20. The second kappa shape index (κ2) is 4.66. The molecule has 6 heteroatoms. The first-order chi connectivity index (χ1) is 8.78. The fourth-order valence-electron chi connectivity index (χ4n) is 1.97. The fraction of sp³-hybridized carbons (Fsp3) is 0.417. The van der Waals surface area contributed by atoms with Gasteiger partial charge in [-0.3, -0.25) is 0 Å². The number of fused-ring (bicyclic) bond motifs is 1. The number of hydrogen-bond donors (Lipinski definition) is 1. The quantitative estimate of drug-likeness (QED) is 0.886.